The number of fused-ring (bicyclic) bond motifs is 2. The van der Waals surface area contributed by atoms with Crippen molar-refractivity contribution in [1.29, 1.82) is 0 Å². The number of pyridine rings is 2. The number of hydrogen-bond donors (Lipinski definition) is 1. The molecule has 0 aliphatic carbocycles. The normalized spacial score (nSPS) is 10.3. The van der Waals surface area contributed by atoms with Gasteiger partial charge in [-0.3, -0.25) is 19.0 Å². The molecule has 0 aliphatic heterocycles. The summed E-state index contributed by atoms with van der Waals surface area (Å²) in [6.45, 7) is 1.92. The average Bonchev–Trinajstić information content (AvgIpc) is 2.80. The molecule has 2 aromatic carbocycles. The molecular formula is C24H24N2O6. The lowest BCUT2D eigenvalue weighted by molar-refractivity contribution is -0.143. The van der Waals surface area contributed by atoms with Gasteiger partial charge in [0.05, 0.1) is 31.9 Å². The van der Waals surface area contributed by atoms with Crippen molar-refractivity contribution in [1.82, 2.24) is 9.55 Å². The number of ether oxygens (including phenoxy) is 3. The fraction of sp³-hybridized carbons (Fsp3) is 0.208. The first kappa shape index (κ1) is 22.6. The van der Waals surface area contributed by atoms with E-state index in [1.54, 1.807) is 20.1 Å². The second-order valence-electron chi connectivity index (χ2n) is 6.71. The van der Waals surface area contributed by atoms with E-state index in [2.05, 4.69) is 4.98 Å². The number of nitrogens with zero attached hydrogens (tertiary/aromatic N) is 1. The summed E-state index contributed by atoms with van der Waals surface area (Å²) < 4.78 is 16.5. The lowest BCUT2D eigenvalue weighted by Gasteiger charge is -2.12. The maximum atomic E-state index is 12.0. The minimum absolute atomic E-state index is 0.100. The molecule has 0 fully saturated rings. The molecule has 0 aliphatic rings. The number of methoxy groups -OCH3 is 2. The van der Waals surface area contributed by atoms with Crippen molar-refractivity contribution in [3.05, 3.63) is 81.4 Å². The summed E-state index contributed by atoms with van der Waals surface area (Å²) in [5, 5.41) is 1.71. The van der Waals surface area contributed by atoms with E-state index in [0.29, 0.717) is 23.6 Å². The van der Waals surface area contributed by atoms with Crippen LogP contribution in [0, 0.1) is 0 Å². The highest BCUT2D eigenvalue weighted by Crippen LogP contribution is 2.23. The number of aromatic nitrogens is 2. The molecule has 0 atom stereocenters. The summed E-state index contributed by atoms with van der Waals surface area (Å²) in [5.41, 5.74) is 1.02. The summed E-state index contributed by atoms with van der Waals surface area (Å²) in [4.78, 5) is 37.4. The first-order valence-corrected chi connectivity index (χ1v) is 9.96. The third-order valence-electron chi connectivity index (χ3n) is 4.73. The molecule has 8 nitrogen and oxygen atoms in total. The fourth-order valence-corrected chi connectivity index (χ4v) is 3.31. The molecule has 4 rings (SSSR count). The minimum atomic E-state index is -0.431. The monoisotopic (exact) mass is 436 g/mol. The lowest BCUT2D eigenvalue weighted by atomic mass is 10.2. The van der Waals surface area contributed by atoms with Crippen molar-refractivity contribution >= 4 is 27.8 Å². The molecular weight excluding hydrogens is 412 g/mol. The highest BCUT2D eigenvalue weighted by atomic mass is 16.5. The van der Waals surface area contributed by atoms with Gasteiger partial charge in [0.15, 0.2) is 0 Å². The Morgan fingerprint density at radius 3 is 2.22 bits per heavy atom. The van der Waals surface area contributed by atoms with E-state index in [1.807, 2.05) is 42.5 Å². The van der Waals surface area contributed by atoms with Crippen LogP contribution in [-0.4, -0.2) is 36.3 Å². The molecule has 2 aromatic heterocycles. The molecule has 0 saturated carbocycles. The molecule has 4 aromatic rings. The first-order valence-electron chi connectivity index (χ1n) is 9.96. The Hall–Kier alpha value is -4.07. The molecule has 8 heteroatoms. The number of carbonyl (C=O) groups is 1. The van der Waals surface area contributed by atoms with Crippen LogP contribution in [0.15, 0.2) is 70.3 Å². The third kappa shape index (κ3) is 4.97. The van der Waals surface area contributed by atoms with Gasteiger partial charge in [-0.15, -0.1) is 0 Å². The van der Waals surface area contributed by atoms with Gasteiger partial charge in [0, 0.05) is 22.9 Å². The van der Waals surface area contributed by atoms with Gasteiger partial charge < -0.3 is 19.2 Å². The molecule has 32 heavy (non-hydrogen) atoms. The van der Waals surface area contributed by atoms with Gasteiger partial charge in [-0.25, -0.2) is 0 Å². The van der Waals surface area contributed by atoms with Gasteiger partial charge >= 0.3 is 5.97 Å². The maximum Gasteiger partial charge on any atom is 0.326 e. The SMILES string of the molecule is CCOC(=O)Cn1c(=O)cc(OC)c2ccccc21.COc1cc(=O)[nH]c2ccccc12. The van der Waals surface area contributed by atoms with E-state index < -0.39 is 5.97 Å². The van der Waals surface area contributed by atoms with Gasteiger partial charge in [-0.05, 0) is 31.2 Å². The van der Waals surface area contributed by atoms with Crippen molar-refractivity contribution in [3.8, 4) is 11.5 Å². The zero-order valence-electron chi connectivity index (χ0n) is 18.1. The quantitative estimate of drug-likeness (QED) is 0.483. The van der Waals surface area contributed by atoms with Crippen LogP contribution in [0.4, 0.5) is 0 Å². The predicted molar refractivity (Wildman–Crippen MR) is 123 cm³/mol. The molecule has 0 unspecified atom stereocenters. The Kier molecular flexibility index (Phi) is 7.28. The average molecular weight is 436 g/mol. The number of carbonyl (C=O) groups excluding carboxylic acids is 1. The zero-order chi connectivity index (χ0) is 23.1. The van der Waals surface area contributed by atoms with Gasteiger partial charge in [0.1, 0.15) is 18.0 Å². The molecule has 0 saturated heterocycles. The van der Waals surface area contributed by atoms with E-state index in [9.17, 15) is 14.4 Å². The first-order chi connectivity index (χ1) is 15.5. The third-order valence-corrected chi connectivity index (χ3v) is 4.73. The summed E-state index contributed by atoms with van der Waals surface area (Å²) in [6, 6.07) is 17.6. The highest BCUT2D eigenvalue weighted by molar-refractivity contribution is 5.86. The predicted octanol–water partition coefficient (Wildman–Crippen LogP) is 3.11. The lowest BCUT2D eigenvalue weighted by Crippen LogP contribution is -2.25. The Balaban J connectivity index is 0.000000193. The maximum absolute atomic E-state index is 12.0. The standard InChI is InChI=1S/C14H15NO4.C10H9NO2/c1-3-19-14(17)9-15-11-7-5-4-6-10(11)12(18-2)8-13(15)16;1-13-9-6-10(12)11-8-5-3-2-4-7(8)9/h4-8H,3,9H2,1-2H3;2-6H,1H3,(H,11,12). The summed E-state index contributed by atoms with van der Waals surface area (Å²) in [5.74, 6) is 0.681. The minimum Gasteiger partial charge on any atom is -0.496 e. The van der Waals surface area contributed by atoms with Crippen molar-refractivity contribution < 1.29 is 19.0 Å². The highest BCUT2D eigenvalue weighted by Gasteiger charge is 2.12. The molecule has 166 valence electrons. The van der Waals surface area contributed by atoms with Crippen molar-refractivity contribution in [2.45, 2.75) is 13.5 Å². The Bertz CT molecular complexity index is 1360. The van der Waals surface area contributed by atoms with Crippen LogP contribution in [0.2, 0.25) is 0 Å². The van der Waals surface area contributed by atoms with E-state index >= 15 is 0 Å². The van der Waals surface area contributed by atoms with Crippen molar-refractivity contribution in [2.75, 3.05) is 20.8 Å². The number of para-hydroxylation sites is 2. The Morgan fingerprint density at radius 1 is 0.906 bits per heavy atom. The van der Waals surface area contributed by atoms with Crippen LogP contribution in [0.25, 0.3) is 21.8 Å². The van der Waals surface area contributed by atoms with Crippen LogP contribution < -0.4 is 20.6 Å². The van der Waals surface area contributed by atoms with E-state index in [-0.39, 0.29) is 17.7 Å². The Morgan fingerprint density at radius 2 is 1.53 bits per heavy atom. The summed E-state index contributed by atoms with van der Waals surface area (Å²) in [7, 11) is 3.07. The van der Waals surface area contributed by atoms with Crippen LogP contribution in [0.1, 0.15) is 6.92 Å². The molecule has 0 bridgehead atoms. The number of esters is 1. The summed E-state index contributed by atoms with van der Waals surface area (Å²) >= 11 is 0. The van der Waals surface area contributed by atoms with Crippen LogP contribution >= 0.6 is 0 Å². The number of nitrogens with one attached hydrogen (secondary N) is 1. The number of benzene rings is 2. The Labute approximate surface area is 184 Å². The molecule has 0 radical (unpaired) electrons. The fourth-order valence-electron chi connectivity index (χ4n) is 3.31. The van der Waals surface area contributed by atoms with Crippen LogP contribution in [0.5, 0.6) is 11.5 Å². The van der Waals surface area contributed by atoms with E-state index in [4.69, 9.17) is 14.2 Å². The van der Waals surface area contributed by atoms with Gasteiger partial charge in [0.2, 0.25) is 0 Å². The van der Waals surface area contributed by atoms with Crippen molar-refractivity contribution in [3.63, 3.8) is 0 Å². The summed E-state index contributed by atoms with van der Waals surface area (Å²) in [6.07, 6.45) is 0. The molecule has 2 heterocycles. The van der Waals surface area contributed by atoms with Crippen LogP contribution in [-0.2, 0) is 16.1 Å². The zero-order valence-corrected chi connectivity index (χ0v) is 18.1. The second-order valence-corrected chi connectivity index (χ2v) is 6.71. The van der Waals surface area contributed by atoms with Gasteiger partial charge in [0.25, 0.3) is 11.1 Å². The van der Waals surface area contributed by atoms with E-state index in [1.165, 1.54) is 23.8 Å². The molecule has 0 spiro atoms. The van der Waals surface area contributed by atoms with Crippen LogP contribution in [0.3, 0.4) is 0 Å². The number of rotatable bonds is 5. The number of H-pyrrole nitrogens is 1. The number of hydrogen-bond acceptors (Lipinski definition) is 6. The van der Waals surface area contributed by atoms with Gasteiger partial charge in [-0.1, -0.05) is 24.3 Å². The second kappa shape index (κ2) is 10.3. The largest absolute Gasteiger partial charge is 0.496 e. The van der Waals surface area contributed by atoms with Crippen molar-refractivity contribution in [2.24, 2.45) is 0 Å². The number of aromatic amines is 1. The molecule has 1 N–H and O–H groups in total. The molecule has 0 amide bonds. The van der Waals surface area contributed by atoms with E-state index in [0.717, 1.165) is 16.3 Å². The van der Waals surface area contributed by atoms with Gasteiger partial charge in [-0.2, -0.15) is 0 Å². The smallest absolute Gasteiger partial charge is 0.326 e. The topological polar surface area (TPSA) is 99.6 Å².